The second-order valence-corrected chi connectivity index (χ2v) is 5.41. The van der Waals surface area contributed by atoms with Crippen molar-refractivity contribution in [1.82, 2.24) is 5.32 Å². The SMILES string of the molecule is CC(Cc1ccsc1)NC(=O)[C@@H](N)c1ccccc1. The molecule has 1 amide bonds. The van der Waals surface area contributed by atoms with Crippen LogP contribution in [0.4, 0.5) is 0 Å². The molecule has 2 rings (SSSR count). The fraction of sp³-hybridized carbons (Fsp3) is 0.267. The van der Waals surface area contributed by atoms with Crippen LogP contribution in [-0.4, -0.2) is 11.9 Å². The molecule has 0 saturated heterocycles. The van der Waals surface area contributed by atoms with Crippen LogP contribution >= 0.6 is 11.3 Å². The molecule has 0 saturated carbocycles. The zero-order chi connectivity index (χ0) is 13.7. The van der Waals surface area contributed by atoms with E-state index in [1.807, 2.05) is 42.6 Å². The lowest BCUT2D eigenvalue weighted by Crippen LogP contribution is -2.40. The molecule has 0 fully saturated rings. The van der Waals surface area contributed by atoms with Crippen LogP contribution in [0.1, 0.15) is 24.1 Å². The molecule has 2 aromatic rings. The first-order valence-corrected chi connectivity index (χ1v) is 7.23. The largest absolute Gasteiger partial charge is 0.352 e. The Morgan fingerprint density at radius 2 is 2.05 bits per heavy atom. The first-order valence-electron chi connectivity index (χ1n) is 6.29. The van der Waals surface area contributed by atoms with Crippen LogP contribution < -0.4 is 11.1 Å². The molecule has 2 atom stereocenters. The molecule has 4 heteroatoms. The summed E-state index contributed by atoms with van der Waals surface area (Å²) in [6.07, 6.45) is 0.830. The van der Waals surface area contributed by atoms with Crippen LogP contribution in [0, 0.1) is 0 Å². The van der Waals surface area contributed by atoms with Crippen molar-refractivity contribution in [3.05, 3.63) is 58.3 Å². The van der Waals surface area contributed by atoms with E-state index in [4.69, 9.17) is 5.73 Å². The molecule has 0 spiro atoms. The summed E-state index contributed by atoms with van der Waals surface area (Å²) in [6.45, 7) is 1.99. The summed E-state index contributed by atoms with van der Waals surface area (Å²) in [5.74, 6) is -0.131. The molecule has 0 aliphatic heterocycles. The Balaban J connectivity index is 1.90. The average Bonchev–Trinajstić information content (AvgIpc) is 2.91. The standard InChI is InChI=1S/C15H18N2OS/c1-11(9-12-7-8-19-10-12)17-15(18)14(16)13-5-3-2-4-6-13/h2-8,10-11,14H,9,16H2,1H3,(H,17,18)/t11?,14-/m0/s1. The van der Waals surface area contributed by atoms with Crippen LogP contribution in [0.15, 0.2) is 47.2 Å². The molecule has 0 radical (unpaired) electrons. The minimum atomic E-state index is -0.605. The van der Waals surface area contributed by atoms with Crippen molar-refractivity contribution in [3.8, 4) is 0 Å². The number of rotatable bonds is 5. The zero-order valence-electron chi connectivity index (χ0n) is 10.9. The normalized spacial score (nSPS) is 13.8. The van der Waals surface area contributed by atoms with E-state index in [1.54, 1.807) is 11.3 Å². The van der Waals surface area contributed by atoms with Crippen molar-refractivity contribution in [3.63, 3.8) is 0 Å². The summed E-state index contributed by atoms with van der Waals surface area (Å²) < 4.78 is 0. The molecular weight excluding hydrogens is 256 g/mol. The van der Waals surface area contributed by atoms with Crippen molar-refractivity contribution < 1.29 is 4.79 Å². The van der Waals surface area contributed by atoms with Gasteiger partial charge in [0.15, 0.2) is 0 Å². The number of carbonyl (C=O) groups excluding carboxylic acids is 1. The number of nitrogens with two attached hydrogens (primary N) is 1. The Kier molecular flexibility index (Phi) is 4.71. The Labute approximate surface area is 117 Å². The van der Waals surface area contributed by atoms with E-state index in [1.165, 1.54) is 5.56 Å². The summed E-state index contributed by atoms with van der Waals surface area (Å²) in [5.41, 5.74) is 8.03. The molecule has 3 nitrogen and oxygen atoms in total. The fourth-order valence-corrected chi connectivity index (χ4v) is 2.64. The van der Waals surface area contributed by atoms with E-state index in [0.717, 1.165) is 12.0 Å². The fourth-order valence-electron chi connectivity index (χ4n) is 1.96. The van der Waals surface area contributed by atoms with Crippen molar-refractivity contribution in [1.29, 1.82) is 0 Å². The lowest BCUT2D eigenvalue weighted by Gasteiger charge is -2.17. The predicted molar refractivity (Wildman–Crippen MR) is 79.0 cm³/mol. The van der Waals surface area contributed by atoms with E-state index < -0.39 is 6.04 Å². The van der Waals surface area contributed by atoms with Crippen LogP contribution in [0.25, 0.3) is 0 Å². The van der Waals surface area contributed by atoms with Gasteiger partial charge in [-0.2, -0.15) is 11.3 Å². The number of carbonyl (C=O) groups is 1. The van der Waals surface area contributed by atoms with Gasteiger partial charge < -0.3 is 11.1 Å². The first-order chi connectivity index (χ1) is 9.16. The molecule has 100 valence electrons. The lowest BCUT2D eigenvalue weighted by atomic mass is 10.1. The van der Waals surface area contributed by atoms with Gasteiger partial charge in [-0.05, 0) is 41.3 Å². The molecule has 1 heterocycles. The molecule has 1 unspecified atom stereocenters. The van der Waals surface area contributed by atoms with Gasteiger partial charge in [0, 0.05) is 6.04 Å². The highest BCUT2D eigenvalue weighted by atomic mass is 32.1. The molecule has 1 aromatic heterocycles. The van der Waals surface area contributed by atoms with Gasteiger partial charge in [0.05, 0.1) is 0 Å². The van der Waals surface area contributed by atoms with E-state index >= 15 is 0 Å². The van der Waals surface area contributed by atoms with Crippen LogP contribution in [0.2, 0.25) is 0 Å². The maximum absolute atomic E-state index is 12.0. The Hall–Kier alpha value is -1.65. The van der Waals surface area contributed by atoms with Gasteiger partial charge in [0.1, 0.15) is 6.04 Å². The number of nitrogens with one attached hydrogen (secondary N) is 1. The number of amides is 1. The summed E-state index contributed by atoms with van der Waals surface area (Å²) >= 11 is 1.67. The smallest absolute Gasteiger partial charge is 0.241 e. The third-order valence-electron chi connectivity index (χ3n) is 2.95. The second kappa shape index (κ2) is 6.50. The summed E-state index contributed by atoms with van der Waals surface area (Å²) in [6, 6.07) is 11.0. The minimum absolute atomic E-state index is 0.0804. The van der Waals surface area contributed by atoms with Crippen molar-refractivity contribution in [2.45, 2.75) is 25.4 Å². The van der Waals surface area contributed by atoms with Gasteiger partial charge in [-0.15, -0.1) is 0 Å². The van der Waals surface area contributed by atoms with E-state index in [9.17, 15) is 4.79 Å². The second-order valence-electron chi connectivity index (χ2n) is 4.63. The first kappa shape index (κ1) is 13.8. The number of benzene rings is 1. The predicted octanol–water partition coefficient (Wildman–Crippen LogP) is 2.50. The highest BCUT2D eigenvalue weighted by Crippen LogP contribution is 2.11. The molecular formula is C15H18N2OS. The Morgan fingerprint density at radius 3 is 2.68 bits per heavy atom. The quantitative estimate of drug-likeness (QED) is 0.880. The van der Waals surface area contributed by atoms with Crippen LogP contribution in [0.5, 0.6) is 0 Å². The molecule has 0 bridgehead atoms. The average molecular weight is 274 g/mol. The highest BCUT2D eigenvalue weighted by Gasteiger charge is 2.17. The van der Waals surface area contributed by atoms with E-state index in [-0.39, 0.29) is 11.9 Å². The molecule has 3 N–H and O–H groups in total. The van der Waals surface area contributed by atoms with Gasteiger partial charge in [0.25, 0.3) is 0 Å². The van der Waals surface area contributed by atoms with Gasteiger partial charge in [-0.3, -0.25) is 4.79 Å². The summed E-state index contributed by atoms with van der Waals surface area (Å²) in [4.78, 5) is 12.0. The van der Waals surface area contributed by atoms with Crippen molar-refractivity contribution in [2.75, 3.05) is 0 Å². The van der Waals surface area contributed by atoms with Gasteiger partial charge in [0.2, 0.25) is 5.91 Å². The van der Waals surface area contributed by atoms with Gasteiger partial charge >= 0.3 is 0 Å². The maximum atomic E-state index is 12.0. The van der Waals surface area contributed by atoms with Crippen LogP contribution in [-0.2, 0) is 11.2 Å². The lowest BCUT2D eigenvalue weighted by molar-refractivity contribution is -0.123. The van der Waals surface area contributed by atoms with Crippen LogP contribution in [0.3, 0.4) is 0 Å². The monoisotopic (exact) mass is 274 g/mol. The van der Waals surface area contributed by atoms with Crippen molar-refractivity contribution in [2.24, 2.45) is 5.73 Å². The van der Waals surface area contributed by atoms with Crippen molar-refractivity contribution >= 4 is 17.2 Å². The van der Waals surface area contributed by atoms with Gasteiger partial charge in [-0.25, -0.2) is 0 Å². The molecule has 1 aromatic carbocycles. The van der Waals surface area contributed by atoms with E-state index in [2.05, 4.69) is 16.8 Å². The Bertz CT molecular complexity index is 510. The number of thiophene rings is 1. The number of hydrogen-bond donors (Lipinski definition) is 2. The minimum Gasteiger partial charge on any atom is -0.352 e. The highest BCUT2D eigenvalue weighted by molar-refractivity contribution is 7.07. The third kappa shape index (κ3) is 3.91. The number of hydrogen-bond acceptors (Lipinski definition) is 3. The molecule has 19 heavy (non-hydrogen) atoms. The topological polar surface area (TPSA) is 55.1 Å². The molecule has 0 aliphatic carbocycles. The Morgan fingerprint density at radius 1 is 1.32 bits per heavy atom. The van der Waals surface area contributed by atoms with Gasteiger partial charge in [-0.1, -0.05) is 30.3 Å². The van der Waals surface area contributed by atoms with E-state index in [0.29, 0.717) is 0 Å². The summed E-state index contributed by atoms with van der Waals surface area (Å²) in [5, 5.41) is 7.10. The summed E-state index contributed by atoms with van der Waals surface area (Å²) in [7, 11) is 0. The molecule has 0 aliphatic rings. The zero-order valence-corrected chi connectivity index (χ0v) is 11.7. The third-order valence-corrected chi connectivity index (χ3v) is 3.68. The maximum Gasteiger partial charge on any atom is 0.241 e.